The maximum atomic E-state index is 12.7. The average molecular weight is 358 g/mol. The van der Waals surface area contributed by atoms with Crippen molar-refractivity contribution in [2.45, 2.75) is 51.5 Å². The van der Waals surface area contributed by atoms with Gasteiger partial charge in [-0.1, -0.05) is 43.2 Å². The van der Waals surface area contributed by atoms with Crippen molar-refractivity contribution in [2.24, 2.45) is 11.8 Å². The number of aromatic nitrogens is 1. The number of amides is 1. The van der Waals surface area contributed by atoms with Crippen LogP contribution in [-0.2, 0) is 4.79 Å². The molecule has 4 rings (SSSR count). The van der Waals surface area contributed by atoms with Crippen LogP contribution in [0.3, 0.4) is 0 Å². The van der Waals surface area contributed by atoms with Crippen molar-refractivity contribution in [1.29, 1.82) is 0 Å². The molecule has 1 aliphatic carbocycles. The molecule has 0 bridgehead atoms. The van der Waals surface area contributed by atoms with E-state index in [4.69, 9.17) is 4.98 Å². The van der Waals surface area contributed by atoms with E-state index in [0.29, 0.717) is 12.0 Å². The molecule has 2 fully saturated rings. The molecule has 1 amide bonds. The molecule has 134 valence electrons. The van der Waals surface area contributed by atoms with Crippen LogP contribution in [0.1, 0.15) is 45.4 Å². The van der Waals surface area contributed by atoms with Crippen molar-refractivity contribution in [3.05, 3.63) is 24.3 Å². The Hall–Kier alpha value is -1.62. The van der Waals surface area contributed by atoms with E-state index in [1.165, 1.54) is 24.0 Å². The third-order valence-electron chi connectivity index (χ3n) is 5.86. The van der Waals surface area contributed by atoms with E-state index in [1.807, 2.05) is 6.07 Å². The second-order valence-electron chi connectivity index (χ2n) is 7.60. The van der Waals surface area contributed by atoms with Crippen molar-refractivity contribution in [3.8, 4) is 0 Å². The van der Waals surface area contributed by atoms with Gasteiger partial charge in [0.15, 0.2) is 5.13 Å². The second-order valence-corrected chi connectivity index (χ2v) is 8.61. The summed E-state index contributed by atoms with van der Waals surface area (Å²) >= 11 is 1.76. The van der Waals surface area contributed by atoms with Crippen molar-refractivity contribution in [1.82, 2.24) is 10.3 Å². The Balaban J connectivity index is 1.33. The minimum atomic E-state index is 0.166. The van der Waals surface area contributed by atoms with Crippen LogP contribution in [0.4, 0.5) is 5.13 Å². The number of thiazole rings is 1. The second kappa shape index (κ2) is 7.32. The van der Waals surface area contributed by atoms with Crippen molar-refractivity contribution >= 4 is 32.6 Å². The molecule has 1 N–H and O–H groups in total. The maximum absolute atomic E-state index is 12.7. The van der Waals surface area contributed by atoms with Crippen LogP contribution in [0.15, 0.2) is 24.3 Å². The summed E-state index contributed by atoms with van der Waals surface area (Å²) in [5.41, 5.74) is 1.08. The molecular formula is C20H27N3OS. The van der Waals surface area contributed by atoms with Gasteiger partial charge in [-0.15, -0.1) is 0 Å². The number of para-hydroxylation sites is 1. The predicted molar refractivity (Wildman–Crippen MR) is 104 cm³/mol. The van der Waals surface area contributed by atoms with Gasteiger partial charge < -0.3 is 10.2 Å². The van der Waals surface area contributed by atoms with Crippen LogP contribution in [0.25, 0.3) is 10.2 Å². The lowest BCUT2D eigenvalue weighted by molar-refractivity contribution is -0.126. The molecule has 0 radical (unpaired) electrons. The number of hydrogen-bond donors (Lipinski definition) is 1. The Labute approximate surface area is 153 Å². The Morgan fingerprint density at radius 3 is 2.68 bits per heavy atom. The highest BCUT2D eigenvalue weighted by molar-refractivity contribution is 7.22. The van der Waals surface area contributed by atoms with Crippen LogP contribution in [-0.4, -0.2) is 30.0 Å². The van der Waals surface area contributed by atoms with Gasteiger partial charge in [-0.2, -0.15) is 0 Å². The molecule has 0 spiro atoms. The third kappa shape index (κ3) is 3.66. The Kier molecular flexibility index (Phi) is 4.93. The van der Waals surface area contributed by atoms with Crippen LogP contribution in [0.5, 0.6) is 0 Å². The van der Waals surface area contributed by atoms with Gasteiger partial charge in [-0.3, -0.25) is 4.79 Å². The van der Waals surface area contributed by atoms with Crippen LogP contribution < -0.4 is 10.2 Å². The Morgan fingerprint density at radius 2 is 1.92 bits per heavy atom. The Morgan fingerprint density at radius 1 is 1.16 bits per heavy atom. The molecule has 5 heteroatoms. The summed E-state index contributed by atoms with van der Waals surface area (Å²) in [4.78, 5) is 19.8. The number of rotatable bonds is 3. The first-order valence-electron chi connectivity index (χ1n) is 9.61. The molecule has 1 aliphatic heterocycles. The summed E-state index contributed by atoms with van der Waals surface area (Å²) in [6.07, 6.45) is 6.84. The normalized spacial score (nSPS) is 25.2. The van der Waals surface area contributed by atoms with E-state index in [0.717, 1.165) is 43.0 Å². The molecule has 1 aromatic heterocycles. The van der Waals surface area contributed by atoms with E-state index in [9.17, 15) is 4.79 Å². The predicted octanol–water partition coefficient (Wildman–Crippen LogP) is 4.21. The summed E-state index contributed by atoms with van der Waals surface area (Å²) in [5, 5.41) is 4.44. The number of nitrogens with zero attached hydrogens (tertiary/aromatic N) is 2. The fourth-order valence-electron chi connectivity index (χ4n) is 4.16. The van der Waals surface area contributed by atoms with Crippen molar-refractivity contribution in [2.75, 3.05) is 18.0 Å². The van der Waals surface area contributed by atoms with Gasteiger partial charge in [-0.25, -0.2) is 4.98 Å². The van der Waals surface area contributed by atoms with Gasteiger partial charge >= 0.3 is 0 Å². The topological polar surface area (TPSA) is 45.2 Å². The number of nitrogens with one attached hydrogen (secondary N) is 1. The van der Waals surface area contributed by atoms with Gasteiger partial charge in [0, 0.05) is 25.0 Å². The third-order valence-corrected chi connectivity index (χ3v) is 6.96. The van der Waals surface area contributed by atoms with E-state index in [-0.39, 0.29) is 11.8 Å². The standard InChI is InChI=1S/C20H27N3OS/c1-14-6-2-3-7-16(14)21-19(24)15-10-12-23(13-11-15)20-22-17-8-4-5-9-18(17)25-20/h4-5,8-9,14-16H,2-3,6-7,10-13H2,1H3,(H,21,24). The molecule has 1 saturated carbocycles. The Bertz CT molecular complexity index is 702. The lowest BCUT2D eigenvalue weighted by Gasteiger charge is -2.34. The largest absolute Gasteiger partial charge is 0.353 e. The van der Waals surface area contributed by atoms with E-state index in [1.54, 1.807) is 11.3 Å². The number of hydrogen-bond acceptors (Lipinski definition) is 4. The fraction of sp³-hybridized carbons (Fsp3) is 0.600. The van der Waals surface area contributed by atoms with Gasteiger partial charge in [0.05, 0.1) is 10.2 Å². The minimum Gasteiger partial charge on any atom is -0.353 e. The lowest BCUT2D eigenvalue weighted by Crippen LogP contribution is -2.46. The summed E-state index contributed by atoms with van der Waals surface area (Å²) < 4.78 is 1.24. The van der Waals surface area contributed by atoms with Crippen LogP contribution in [0, 0.1) is 11.8 Å². The van der Waals surface area contributed by atoms with Crippen molar-refractivity contribution in [3.63, 3.8) is 0 Å². The molecule has 2 heterocycles. The zero-order valence-electron chi connectivity index (χ0n) is 14.9. The SMILES string of the molecule is CC1CCCCC1NC(=O)C1CCN(c2nc3ccccc3s2)CC1. The van der Waals surface area contributed by atoms with Crippen molar-refractivity contribution < 1.29 is 4.79 Å². The fourth-order valence-corrected chi connectivity index (χ4v) is 5.18. The molecular weight excluding hydrogens is 330 g/mol. The highest BCUT2D eigenvalue weighted by Crippen LogP contribution is 2.31. The smallest absolute Gasteiger partial charge is 0.223 e. The number of fused-ring (bicyclic) bond motifs is 1. The zero-order valence-corrected chi connectivity index (χ0v) is 15.7. The number of piperidine rings is 1. The summed E-state index contributed by atoms with van der Waals surface area (Å²) in [7, 11) is 0. The first-order chi connectivity index (χ1) is 12.2. The molecule has 2 atom stereocenters. The van der Waals surface area contributed by atoms with Gasteiger partial charge in [0.1, 0.15) is 0 Å². The number of anilines is 1. The maximum Gasteiger partial charge on any atom is 0.223 e. The van der Waals surface area contributed by atoms with E-state index in [2.05, 4.69) is 35.3 Å². The molecule has 2 unspecified atom stereocenters. The highest BCUT2D eigenvalue weighted by atomic mass is 32.1. The van der Waals surface area contributed by atoms with Gasteiger partial charge in [0.2, 0.25) is 5.91 Å². The molecule has 2 aliphatic rings. The van der Waals surface area contributed by atoms with E-state index >= 15 is 0 Å². The summed E-state index contributed by atoms with van der Waals surface area (Å²) in [6.45, 7) is 4.14. The molecule has 25 heavy (non-hydrogen) atoms. The quantitative estimate of drug-likeness (QED) is 0.895. The number of benzene rings is 1. The number of carbonyl (C=O) groups is 1. The molecule has 1 saturated heterocycles. The highest BCUT2D eigenvalue weighted by Gasteiger charge is 2.29. The molecule has 1 aromatic carbocycles. The average Bonchev–Trinajstić information content (AvgIpc) is 3.08. The lowest BCUT2D eigenvalue weighted by atomic mass is 9.85. The first kappa shape index (κ1) is 16.8. The van der Waals surface area contributed by atoms with Gasteiger partial charge in [-0.05, 0) is 43.7 Å². The number of carbonyl (C=O) groups excluding carboxylic acids is 1. The van der Waals surface area contributed by atoms with Crippen LogP contribution >= 0.6 is 11.3 Å². The van der Waals surface area contributed by atoms with Gasteiger partial charge in [0.25, 0.3) is 0 Å². The molecule has 2 aromatic rings. The summed E-state index contributed by atoms with van der Waals surface area (Å²) in [6, 6.07) is 8.69. The monoisotopic (exact) mass is 357 g/mol. The summed E-state index contributed by atoms with van der Waals surface area (Å²) in [5.74, 6) is 1.07. The van der Waals surface area contributed by atoms with Crippen LogP contribution in [0.2, 0.25) is 0 Å². The van der Waals surface area contributed by atoms with E-state index < -0.39 is 0 Å². The molecule has 4 nitrogen and oxygen atoms in total. The minimum absolute atomic E-state index is 0.166. The zero-order chi connectivity index (χ0) is 17.2. The first-order valence-corrected chi connectivity index (χ1v) is 10.4.